The van der Waals surface area contributed by atoms with Crippen molar-refractivity contribution in [2.45, 2.75) is 38.3 Å². The lowest BCUT2D eigenvalue weighted by atomic mass is 10.1. The number of fused-ring (bicyclic) bond motifs is 1. The van der Waals surface area contributed by atoms with Gasteiger partial charge in [-0.15, -0.1) is 0 Å². The van der Waals surface area contributed by atoms with E-state index in [-0.39, 0.29) is 18.1 Å². The molecule has 1 saturated carbocycles. The molecule has 0 spiro atoms. The number of rotatable bonds is 2. The summed E-state index contributed by atoms with van der Waals surface area (Å²) in [7, 11) is 0. The average molecular weight is 347 g/mol. The molecule has 0 radical (unpaired) electrons. The van der Waals surface area contributed by atoms with Crippen LogP contribution >= 0.6 is 11.6 Å². The Morgan fingerprint density at radius 3 is 2.88 bits per heavy atom. The topological polar surface area (TPSA) is 55.6 Å². The Kier molecular flexibility index (Phi) is 4.06. The predicted octanol–water partition coefficient (Wildman–Crippen LogP) is 3.70. The molecule has 0 N–H and O–H groups in total. The number of nitrogens with zero attached hydrogens (tertiary/aromatic N) is 2. The maximum absolute atomic E-state index is 13.0. The molecule has 1 aromatic carbocycles. The molecule has 1 amide bonds. The molecule has 1 aliphatic carbocycles. The zero-order valence-electron chi connectivity index (χ0n) is 13.5. The first-order chi connectivity index (χ1) is 11.6. The second kappa shape index (κ2) is 6.22. The smallest absolute Gasteiger partial charge is 0.276 e. The highest BCUT2D eigenvalue weighted by molar-refractivity contribution is 6.30. The monoisotopic (exact) mass is 346 g/mol. The van der Waals surface area contributed by atoms with Crippen LogP contribution in [0.15, 0.2) is 28.7 Å². The Labute approximate surface area is 145 Å². The van der Waals surface area contributed by atoms with Gasteiger partial charge in [-0.1, -0.05) is 11.6 Å². The van der Waals surface area contributed by atoms with E-state index < -0.39 is 0 Å². The first-order valence-corrected chi connectivity index (χ1v) is 8.67. The lowest BCUT2D eigenvalue weighted by Gasteiger charge is -2.37. The molecule has 1 saturated heterocycles. The summed E-state index contributed by atoms with van der Waals surface area (Å²) in [5.74, 6) is 0.936. The van der Waals surface area contributed by atoms with Crippen LogP contribution in [0.5, 0.6) is 0 Å². The third kappa shape index (κ3) is 2.72. The first-order valence-electron chi connectivity index (χ1n) is 8.29. The highest BCUT2D eigenvalue weighted by atomic mass is 35.5. The number of benzene rings is 1. The Morgan fingerprint density at radius 2 is 2.08 bits per heavy atom. The molecule has 2 aliphatic rings. The minimum Gasteiger partial charge on any atom is -0.441 e. The number of morpholine rings is 1. The summed E-state index contributed by atoms with van der Waals surface area (Å²) in [6.07, 6.45) is 3.30. The van der Waals surface area contributed by atoms with Crippen LogP contribution in [0.2, 0.25) is 5.02 Å². The van der Waals surface area contributed by atoms with Crippen molar-refractivity contribution in [3.63, 3.8) is 0 Å². The molecular weight excluding hydrogens is 328 g/mol. The van der Waals surface area contributed by atoms with Gasteiger partial charge in [0.2, 0.25) is 5.89 Å². The number of hydrogen-bond donors (Lipinski definition) is 0. The molecule has 2 aromatic rings. The van der Waals surface area contributed by atoms with E-state index in [0.29, 0.717) is 35.5 Å². The summed E-state index contributed by atoms with van der Waals surface area (Å²) in [6.45, 7) is 2.99. The highest BCUT2D eigenvalue weighted by Gasteiger charge is 2.39. The molecule has 5 nitrogen and oxygen atoms in total. The molecule has 1 aliphatic heterocycles. The van der Waals surface area contributed by atoms with Gasteiger partial charge in [0.25, 0.3) is 5.91 Å². The molecule has 2 fully saturated rings. The fourth-order valence-corrected chi connectivity index (χ4v) is 3.75. The molecule has 2 atom stereocenters. The van der Waals surface area contributed by atoms with Crippen LogP contribution in [0, 0.1) is 6.92 Å². The highest BCUT2D eigenvalue weighted by Crippen LogP contribution is 2.31. The number of aromatic nitrogens is 1. The van der Waals surface area contributed by atoms with Crippen molar-refractivity contribution in [3.05, 3.63) is 40.7 Å². The van der Waals surface area contributed by atoms with Crippen LogP contribution in [0.1, 0.15) is 35.5 Å². The Hall–Kier alpha value is -1.85. The van der Waals surface area contributed by atoms with Gasteiger partial charge >= 0.3 is 0 Å². The fraction of sp³-hybridized carbons (Fsp3) is 0.444. The molecule has 6 heteroatoms. The Balaban J connectivity index is 1.62. The summed E-state index contributed by atoms with van der Waals surface area (Å²) in [5.41, 5.74) is 1.20. The van der Waals surface area contributed by atoms with Crippen LogP contribution < -0.4 is 0 Å². The number of halogens is 1. The average Bonchev–Trinajstić information content (AvgIpc) is 3.21. The van der Waals surface area contributed by atoms with Crippen LogP contribution in [0.25, 0.3) is 11.5 Å². The van der Waals surface area contributed by atoms with Gasteiger partial charge in [0.15, 0.2) is 5.69 Å². The zero-order valence-corrected chi connectivity index (χ0v) is 14.3. The van der Waals surface area contributed by atoms with E-state index >= 15 is 0 Å². The van der Waals surface area contributed by atoms with Crippen molar-refractivity contribution in [1.29, 1.82) is 0 Å². The van der Waals surface area contributed by atoms with E-state index in [2.05, 4.69) is 4.98 Å². The minimum absolute atomic E-state index is 0.0586. The van der Waals surface area contributed by atoms with Crippen molar-refractivity contribution in [3.8, 4) is 11.5 Å². The maximum atomic E-state index is 13.0. The lowest BCUT2D eigenvalue weighted by Crippen LogP contribution is -2.51. The van der Waals surface area contributed by atoms with Gasteiger partial charge in [0, 0.05) is 17.1 Å². The Bertz CT molecular complexity index is 756. The number of aryl methyl sites for hydroxylation is 1. The summed E-state index contributed by atoms with van der Waals surface area (Å²) in [6, 6.07) is 7.40. The zero-order chi connectivity index (χ0) is 16.7. The van der Waals surface area contributed by atoms with Gasteiger partial charge in [0.05, 0.1) is 18.8 Å². The maximum Gasteiger partial charge on any atom is 0.276 e. The van der Waals surface area contributed by atoms with Gasteiger partial charge < -0.3 is 14.1 Å². The van der Waals surface area contributed by atoms with E-state index in [9.17, 15) is 4.79 Å². The van der Waals surface area contributed by atoms with Gasteiger partial charge in [0.1, 0.15) is 5.76 Å². The summed E-state index contributed by atoms with van der Waals surface area (Å²) in [5, 5.41) is 0.652. The predicted molar refractivity (Wildman–Crippen MR) is 90.1 cm³/mol. The van der Waals surface area contributed by atoms with Crippen molar-refractivity contribution in [1.82, 2.24) is 9.88 Å². The van der Waals surface area contributed by atoms with E-state index in [1.807, 2.05) is 17.0 Å². The molecule has 4 rings (SSSR count). The SMILES string of the molecule is Cc1oc(-c2ccc(Cl)cc2)nc1C(=O)N1CCO[C@@H]2CCC[C@@H]21. The fourth-order valence-electron chi connectivity index (χ4n) is 3.62. The first kappa shape index (κ1) is 15.7. The molecular formula is C18H19ClN2O3. The van der Waals surface area contributed by atoms with E-state index in [1.165, 1.54) is 0 Å². The molecule has 126 valence electrons. The number of carbonyl (C=O) groups is 1. The second-order valence-electron chi connectivity index (χ2n) is 6.34. The van der Waals surface area contributed by atoms with Crippen LogP contribution in [0.3, 0.4) is 0 Å². The van der Waals surface area contributed by atoms with E-state index in [4.69, 9.17) is 20.8 Å². The van der Waals surface area contributed by atoms with Gasteiger partial charge in [-0.05, 0) is 50.5 Å². The third-order valence-electron chi connectivity index (χ3n) is 4.83. The van der Waals surface area contributed by atoms with Crippen LogP contribution in [-0.4, -0.2) is 41.1 Å². The summed E-state index contributed by atoms with van der Waals surface area (Å²) >= 11 is 5.92. The minimum atomic E-state index is -0.0586. The van der Waals surface area contributed by atoms with Gasteiger partial charge in [-0.2, -0.15) is 0 Å². The number of ether oxygens (including phenoxy) is 1. The number of amides is 1. The largest absolute Gasteiger partial charge is 0.441 e. The Morgan fingerprint density at radius 1 is 1.29 bits per heavy atom. The number of hydrogen-bond acceptors (Lipinski definition) is 4. The number of carbonyl (C=O) groups excluding carboxylic acids is 1. The summed E-state index contributed by atoms with van der Waals surface area (Å²) < 4.78 is 11.5. The molecule has 0 bridgehead atoms. The van der Waals surface area contributed by atoms with E-state index in [0.717, 1.165) is 24.8 Å². The van der Waals surface area contributed by atoms with Gasteiger partial charge in [-0.25, -0.2) is 4.98 Å². The second-order valence-corrected chi connectivity index (χ2v) is 6.77. The van der Waals surface area contributed by atoms with Crippen LogP contribution in [0.4, 0.5) is 0 Å². The molecule has 2 heterocycles. The lowest BCUT2D eigenvalue weighted by molar-refractivity contribution is -0.0447. The van der Waals surface area contributed by atoms with Crippen molar-refractivity contribution in [2.75, 3.05) is 13.2 Å². The molecule has 0 unspecified atom stereocenters. The number of oxazole rings is 1. The van der Waals surface area contributed by atoms with Crippen molar-refractivity contribution in [2.24, 2.45) is 0 Å². The van der Waals surface area contributed by atoms with E-state index in [1.54, 1.807) is 19.1 Å². The molecule has 1 aromatic heterocycles. The van der Waals surface area contributed by atoms with Crippen LogP contribution in [-0.2, 0) is 4.74 Å². The third-order valence-corrected chi connectivity index (χ3v) is 5.09. The quantitative estimate of drug-likeness (QED) is 0.832. The normalized spacial score (nSPS) is 23.3. The van der Waals surface area contributed by atoms with Gasteiger partial charge in [-0.3, -0.25) is 4.79 Å². The summed E-state index contributed by atoms with van der Waals surface area (Å²) in [4.78, 5) is 19.4. The standard InChI is InChI=1S/C18H19ClN2O3/c1-11-16(20-17(24-11)12-5-7-13(19)8-6-12)18(22)21-9-10-23-15-4-2-3-14(15)21/h5-8,14-15H,2-4,9-10H2,1H3/t14-,15+/m0/s1. The molecule has 24 heavy (non-hydrogen) atoms. The van der Waals surface area contributed by atoms with Crippen molar-refractivity contribution < 1.29 is 13.9 Å². The van der Waals surface area contributed by atoms with Crippen molar-refractivity contribution >= 4 is 17.5 Å².